The smallest absolute Gasteiger partial charge is 0.246 e. The van der Waals surface area contributed by atoms with Gasteiger partial charge in [-0.2, -0.15) is 0 Å². The van der Waals surface area contributed by atoms with Crippen molar-refractivity contribution in [3.8, 4) is 11.3 Å². The van der Waals surface area contributed by atoms with Crippen LogP contribution in [0.3, 0.4) is 0 Å². The van der Waals surface area contributed by atoms with Gasteiger partial charge in [0.2, 0.25) is 5.91 Å². The Morgan fingerprint density at radius 2 is 1.93 bits per heavy atom. The van der Waals surface area contributed by atoms with Crippen molar-refractivity contribution in [1.29, 1.82) is 0 Å². The molecule has 5 nitrogen and oxygen atoms in total. The molecule has 0 aliphatic rings. The van der Waals surface area contributed by atoms with Gasteiger partial charge < -0.3 is 9.88 Å². The number of nitrogens with zero attached hydrogens (tertiary/aromatic N) is 2. The third-order valence-corrected chi connectivity index (χ3v) is 4.92. The summed E-state index contributed by atoms with van der Waals surface area (Å²) < 4.78 is 28.1. The molecule has 1 amide bonds. The van der Waals surface area contributed by atoms with E-state index in [0.29, 0.717) is 27.3 Å². The van der Waals surface area contributed by atoms with Crippen molar-refractivity contribution in [2.75, 3.05) is 5.32 Å². The first-order valence-corrected chi connectivity index (χ1v) is 9.18. The number of nitrogens with one attached hydrogen (secondary N) is 1. The van der Waals surface area contributed by atoms with Gasteiger partial charge in [-0.05, 0) is 30.3 Å². The summed E-state index contributed by atoms with van der Waals surface area (Å²) in [6.45, 7) is 0.000876. The quantitative estimate of drug-likeness (QED) is 0.565. The second-order valence-electron chi connectivity index (χ2n) is 6.04. The SMILES string of the molecule is O=C(Cn1ccc(=O)c2ccccc21)Nc1nc(-c2ccc(F)c(F)c2)cs1. The molecule has 0 unspecified atom stereocenters. The van der Waals surface area contributed by atoms with Crippen molar-refractivity contribution >= 4 is 33.3 Å². The zero-order chi connectivity index (χ0) is 19.7. The number of carbonyl (C=O) groups excluding carboxylic acids is 1. The van der Waals surface area contributed by atoms with E-state index in [-0.39, 0.29) is 17.9 Å². The lowest BCUT2D eigenvalue weighted by Gasteiger charge is -2.09. The number of hydrogen-bond donors (Lipinski definition) is 1. The van der Waals surface area contributed by atoms with Gasteiger partial charge in [0.25, 0.3) is 0 Å². The van der Waals surface area contributed by atoms with Crippen LogP contribution in [0.1, 0.15) is 0 Å². The van der Waals surface area contributed by atoms with Crippen LogP contribution in [0.25, 0.3) is 22.2 Å². The van der Waals surface area contributed by atoms with Gasteiger partial charge >= 0.3 is 0 Å². The molecule has 4 rings (SSSR count). The second kappa shape index (κ2) is 7.32. The highest BCUT2D eigenvalue weighted by Gasteiger charge is 2.11. The molecule has 0 saturated carbocycles. The molecule has 0 aliphatic carbocycles. The maximum atomic E-state index is 13.4. The van der Waals surface area contributed by atoms with E-state index in [1.54, 1.807) is 40.4 Å². The molecule has 4 aromatic rings. The molecule has 2 aromatic carbocycles. The Kier molecular flexibility index (Phi) is 4.70. The average molecular weight is 397 g/mol. The van der Waals surface area contributed by atoms with E-state index in [0.717, 1.165) is 12.1 Å². The number of thiazole rings is 1. The average Bonchev–Trinajstić information content (AvgIpc) is 3.15. The largest absolute Gasteiger partial charge is 0.338 e. The first-order valence-electron chi connectivity index (χ1n) is 8.30. The van der Waals surface area contributed by atoms with E-state index in [4.69, 9.17) is 0 Å². The molecule has 2 heterocycles. The number of para-hydroxylation sites is 1. The van der Waals surface area contributed by atoms with Crippen molar-refractivity contribution < 1.29 is 13.6 Å². The molecule has 0 saturated heterocycles. The van der Waals surface area contributed by atoms with Crippen molar-refractivity contribution in [3.63, 3.8) is 0 Å². The highest BCUT2D eigenvalue weighted by molar-refractivity contribution is 7.14. The lowest BCUT2D eigenvalue weighted by atomic mass is 10.2. The first-order chi connectivity index (χ1) is 13.5. The second-order valence-corrected chi connectivity index (χ2v) is 6.90. The lowest BCUT2D eigenvalue weighted by Crippen LogP contribution is -2.20. The summed E-state index contributed by atoms with van der Waals surface area (Å²) in [6, 6.07) is 12.0. The molecule has 2 aromatic heterocycles. The summed E-state index contributed by atoms with van der Waals surface area (Å²) in [5.41, 5.74) is 1.41. The van der Waals surface area contributed by atoms with Crippen LogP contribution in [-0.2, 0) is 11.3 Å². The maximum Gasteiger partial charge on any atom is 0.246 e. The lowest BCUT2D eigenvalue weighted by molar-refractivity contribution is -0.116. The minimum absolute atomic E-state index is 0.000876. The fraction of sp³-hybridized carbons (Fsp3) is 0.0500. The topological polar surface area (TPSA) is 64.0 Å². The van der Waals surface area contributed by atoms with Gasteiger partial charge in [0.05, 0.1) is 11.2 Å². The number of fused-ring (bicyclic) bond motifs is 1. The van der Waals surface area contributed by atoms with Crippen LogP contribution in [0.5, 0.6) is 0 Å². The number of anilines is 1. The van der Waals surface area contributed by atoms with E-state index in [1.807, 2.05) is 0 Å². The Hall–Kier alpha value is -3.39. The molecule has 0 atom stereocenters. The summed E-state index contributed by atoms with van der Waals surface area (Å²) in [4.78, 5) is 28.6. The zero-order valence-corrected chi connectivity index (χ0v) is 15.2. The predicted molar refractivity (Wildman–Crippen MR) is 104 cm³/mol. The summed E-state index contributed by atoms with van der Waals surface area (Å²) in [7, 11) is 0. The highest BCUT2D eigenvalue weighted by Crippen LogP contribution is 2.26. The molecule has 1 N–H and O–H groups in total. The fourth-order valence-corrected chi connectivity index (χ4v) is 3.57. The molecule has 0 radical (unpaired) electrons. The van der Waals surface area contributed by atoms with Crippen LogP contribution in [-0.4, -0.2) is 15.5 Å². The van der Waals surface area contributed by atoms with Crippen LogP contribution in [0, 0.1) is 11.6 Å². The van der Waals surface area contributed by atoms with Gasteiger partial charge in [0.1, 0.15) is 6.54 Å². The van der Waals surface area contributed by atoms with Crippen molar-refractivity contribution in [1.82, 2.24) is 9.55 Å². The molecule has 0 fully saturated rings. The van der Waals surface area contributed by atoms with Crippen LogP contribution < -0.4 is 10.7 Å². The monoisotopic (exact) mass is 397 g/mol. The van der Waals surface area contributed by atoms with Crippen LogP contribution >= 0.6 is 11.3 Å². The normalized spacial score (nSPS) is 10.9. The number of rotatable bonds is 4. The Bertz CT molecular complexity index is 1250. The maximum absolute atomic E-state index is 13.4. The van der Waals surface area contributed by atoms with E-state index >= 15 is 0 Å². The van der Waals surface area contributed by atoms with Gasteiger partial charge in [-0.25, -0.2) is 13.8 Å². The van der Waals surface area contributed by atoms with E-state index < -0.39 is 11.6 Å². The Balaban J connectivity index is 1.52. The van der Waals surface area contributed by atoms with Crippen LogP contribution in [0.2, 0.25) is 0 Å². The first kappa shape index (κ1) is 18.0. The molecular formula is C20H13F2N3O2S. The Labute approximate surface area is 161 Å². The van der Waals surface area contributed by atoms with Crippen molar-refractivity contribution in [2.45, 2.75) is 6.54 Å². The molecule has 28 heavy (non-hydrogen) atoms. The fourth-order valence-electron chi connectivity index (χ4n) is 2.83. The predicted octanol–water partition coefficient (Wildman–Crippen LogP) is 4.04. The molecule has 0 bridgehead atoms. The minimum atomic E-state index is -0.957. The number of benzene rings is 2. The van der Waals surface area contributed by atoms with Gasteiger partial charge in [-0.1, -0.05) is 12.1 Å². The number of carbonyl (C=O) groups is 1. The van der Waals surface area contributed by atoms with E-state index in [1.165, 1.54) is 23.5 Å². The number of aromatic nitrogens is 2. The van der Waals surface area contributed by atoms with Gasteiger partial charge in [-0.15, -0.1) is 11.3 Å². The van der Waals surface area contributed by atoms with Gasteiger partial charge in [0.15, 0.2) is 22.2 Å². The summed E-state index contributed by atoms with van der Waals surface area (Å²) in [6.07, 6.45) is 1.57. The zero-order valence-electron chi connectivity index (χ0n) is 14.4. The highest BCUT2D eigenvalue weighted by atomic mass is 32.1. The Morgan fingerprint density at radius 3 is 2.75 bits per heavy atom. The van der Waals surface area contributed by atoms with Crippen LogP contribution in [0.15, 0.2) is 64.9 Å². The Morgan fingerprint density at radius 1 is 1.11 bits per heavy atom. The van der Waals surface area contributed by atoms with Gasteiger partial charge in [0, 0.05) is 28.6 Å². The summed E-state index contributed by atoms with van der Waals surface area (Å²) in [5, 5.41) is 5.21. The third kappa shape index (κ3) is 3.54. The summed E-state index contributed by atoms with van der Waals surface area (Å²) >= 11 is 1.18. The van der Waals surface area contributed by atoms with E-state index in [9.17, 15) is 18.4 Å². The van der Waals surface area contributed by atoms with Gasteiger partial charge in [-0.3, -0.25) is 9.59 Å². The number of pyridine rings is 1. The number of hydrogen-bond acceptors (Lipinski definition) is 4. The molecule has 8 heteroatoms. The number of amides is 1. The molecular weight excluding hydrogens is 384 g/mol. The molecule has 0 spiro atoms. The minimum Gasteiger partial charge on any atom is -0.338 e. The number of halogens is 2. The van der Waals surface area contributed by atoms with Crippen molar-refractivity contribution in [3.05, 3.63) is 82.0 Å². The van der Waals surface area contributed by atoms with E-state index in [2.05, 4.69) is 10.3 Å². The molecule has 0 aliphatic heterocycles. The van der Waals surface area contributed by atoms with Crippen LogP contribution in [0.4, 0.5) is 13.9 Å². The standard InChI is InChI=1S/C20H13F2N3O2S/c21-14-6-5-12(9-15(14)22)16-11-28-20(23-16)24-19(27)10-25-8-7-18(26)13-3-1-2-4-17(13)25/h1-9,11H,10H2,(H,23,24,27). The third-order valence-electron chi connectivity index (χ3n) is 4.16. The van der Waals surface area contributed by atoms with Crippen molar-refractivity contribution in [2.24, 2.45) is 0 Å². The summed E-state index contributed by atoms with van der Waals surface area (Å²) in [5.74, 6) is -2.21. The molecule has 140 valence electrons.